The number of aliphatic imine (C=N–C) groups is 1. The molecular weight excluding hydrogens is 526 g/mol. The third-order valence-corrected chi connectivity index (χ3v) is 6.26. The fraction of sp³-hybridized carbons (Fsp3) is 0.346. The molecule has 0 atom stereocenters. The molecule has 0 spiro atoms. The Balaban J connectivity index is 1.34. The molecule has 9 nitrogen and oxygen atoms in total. The second kappa shape index (κ2) is 11.7. The number of hydrogen-bond acceptors (Lipinski definition) is 9. The number of fused-ring (bicyclic) bond motifs is 2. The Morgan fingerprint density at radius 1 is 1.08 bits per heavy atom. The summed E-state index contributed by atoms with van der Waals surface area (Å²) in [6.45, 7) is 7.55. The molecule has 2 aliphatic rings. The lowest BCUT2D eigenvalue weighted by Crippen LogP contribution is -2.37. The Morgan fingerprint density at radius 2 is 1.94 bits per heavy atom. The molecule has 0 saturated carbocycles. The lowest BCUT2D eigenvalue weighted by Gasteiger charge is -2.26. The Kier molecular flexibility index (Phi) is 7.95. The maximum atomic E-state index is 6.17. The van der Waals surface area contributed by atoms with Crippen molar-refractivity contribution in [3.05, 3.63) is 52.8 Å². The van der Waals surface area contributed by atoms with Gasteiger partial charge in [0, 0.05) is 47.6 Å². The average molecular weight is 554 g/mol. The van der Waals surface area contributed by atoms with Crippen LogP contribution in [0.5, 0.6) is 23.1 Å². The van der Waals surface area contributed by atoms with Crippen LogP contribution in [0.25, 0.3) is 0 Å². The van der Waals surface area contributed by atoms with E-state index in [1.165, 1.54) is 6.33 Å². The highest BCUT2D eigenvalue weighted by atomic mass is 79.9. The molecule has 0 unspecified atom stereocenters. The first kappa shape index (κ1) is 24.5. The number of rotatable bonds is 9. The van der Waals surface area contributed by atoms with Crippen LogP contribution in [0.15, 0.2) is 52.2 Å². The summed E-state index contributed by atoms with van der Waals surface area (Å²) in [4.78, 5) is 15.8. The molecular formula is C26H28BrN5O4. The van der Waals surface area contributed by atoms with Gasteiger partial charge < -0.3 is 24.3 Å². The highest BCUT2D eigenvalue weighted by Gasteiger charge is 2.21. The predicted molar refractivity (Wildman–Crippen MR) is 142 cm³/mol. The summed E-state index contributed by atoms with van der Waals surface area (Å²) in [6, 6.07) is 11.6. The van der Waals surface area contributed by atoms with Crippen molar-refractivity contribution < 1.29 is 18.9 Å². The molecule has 0 aliphatic carbocycles. The standard InChI is InChI=1S/C26H28BrN5O4/c1-2-34-23-15-21-18(13-22(23)35-10-4-7-32-8-11-33-12-9-32)16-28-24-25(29-17-30-26(24)36-21)31-20-6-3-5-19(27)14-20/h3,5-6,13-17H,2,4,7-12H2,1H3,(H,29,30,31). The first-order chi connectivity index (χ1) is 17.7. The van der Waals surface area contributed by atoms with Gasteiger partial charge in [0.05, 0.1) is 26.4 Å². The van der Waals surface area contributed by atoms with Crippen LogP contribution < -0.4 is 19.5 Å². The fourth-order valence-electron chi connectivity index (χ4n) is 4.01. The summed E-state index contributed by atoms with van der Waals surface area (Å²) >= 11 is 3.49. The fourth-order valence-corrected chi connectivity index (χ4v) is 4.41. The third-order valence-electron chi connectivity index (χ3n) is 5.77. The van der Waals surface area contributed by atoms with Crippen molar-refractivity contribution in [2.45, 2.75) is 13.3 Å². The van der Waals surface area contributed by atoms with Crippen LogP contribution in [0.1, 0.15) is 18.9 Å². The molecule has 3 aromatic rings. The number of aromatic nitrogens is 2. The molecule has 2 aliphatic heterocycles. The molecule has 1 aromatic heterocycles. The van der Waals surface area contributed by atoms with Crippen molar-refractivity contribution in [1.82, 2.24) is 14.9 Å². The van der Waals surface area contributed by atoms with Gasteiger partial charge in [-0.25, -0.2) is 9.98 Å². The molecule has 10 heteroatoms. The van der Waals surface area contributed by atoms with Gasteiger partial charge in [-0.15, -0.1) is 0 Å². The summed E-state index contributed by atoms with van der Waals surface area (Å²) < 4.78 is 24.5. The van der Waals surface area contributed by atoms with E-state index >= 15 is 0 Å². The van der Waals surface area contributed by atoms with E-state index in [-0.39, 0.29) is 0 Å². The quantitative estimate of drug-likeness (QED) is 0.278. The van der Waals surface area contributed by atoms with E-state index in [2.05, 4.69) is 41.1 Å². The molecule has 0 amide bonds. The van der Waals surface area contributed by atoms with Crippen LogP contribution >= 0.6 is 15.9 Å². The summed E-state index contributed by atoms with van der Waals surface area (Å²) in [6.07, 6.45) is 4.11. The molecule has 1 saturated heterocycles. The number of nitrogens with zero attached hydrogens (tertiary/aromatic N) is 4. The number of morpholine rings is 1. The monoisotopic (exact) mass is 553 g/mol. The minimum Gasteiger partial charge on any atom is -0.490 e. The van der Waals surface area contributed by atoms with Crippen LogP contribution in [0.4, 0.5) is 17.2 Å². The molecule has 3 heterocycles. The highest BCUT2D eigenvalue weighted by molar-refractivity contribution is 9.10. The first-order valence-electron chi connectivity index (χ1n) is 12.0. The van der Waals surface area contributed by atoms with Crippen molar-refractivity contribution >= 4 is 39.3 Å². The Morgan fingerprint density at radius 3 is 2.78 bits per heavy atom. The second-order valence-corrected chi connectivity index (χ2v) is 9.21. The van der Waals surface area contributed by atoms with Crippen molar-refractivity contribution in [2.75, 3.05) is 51.4 Å². The van der Waals surface area contributed by atoms with Crippen molar-refractivity contribution in [3.63, 3.8) is 0 Å². The van der Waals surface area contributed by atoms with Gasteiger partial charge in [-0.2, -0.15) is 4.98 Å². The lowest BCUT2D eigenvalue weighted by molar-refractivity contribution is 0.0357. The van der Waals surface area contributed by atoms with Crippen molar-refractivity contribution in [3.8, 4) is 23.1 Å². The van der Waals surface area contributed by atoms with Gasteiger partial charge in [0.25, 0.3) is 5.88 Å². The summed E-state index contributed by atoms with van der Waals surface area (Å²) in [5.41, 5.74) is 2.15. The number of anilines is 2. The Hall–Kier alpha value is -3.21. The van der Waals surface area contributed by atoms with Gasteiger partial charge in [-0.1, -0.05) is 22.0 Å². The SMILES string of the molecule is CCOc1cc2c(cc1OCCCN1CCOCC1)C=Nc1c(Nc3cccc(Br)c3)ncnc1O2. The van der Waals surface area contributed by atoms with Crippen LogP contribution in [-0.2, 0) is 4.74 Å². The van der Waals surface area contributed by atoms with Crippen LogP contribution in [0.3, 0.4) is 0 Å². The van der Waals surface area contributed by atoms with Crippen LogP contribution in [0.2, 0.25) is 0 Å². The van der Waals surface area contributed by atoms with E-state index in [1.807, 2.05) is 43.3 Å². The van der Waals surface area contributed by atoms with Gasteiger partial charge in [-0.05, 0) is 37.6 Å². The normalized spacial score (nSPS) is 14.8. The van der Waals surface area contributed by atoms with Crippen molar-refractivity contribution in [2.24, 2.45) is 4.99 Å². The number of hydrogen-bond donors (Lipinski definition) is 1. The first-order valence-corrected chi connectivity index (χ1v) is 12.8. The topological polar surface area (TPSA) is 90.3 Å². The van der Waals surface area contributed by atoms with E-state index in [0.717, 1.165) is 55.0 Å². The zero-order valence-corrected chi connectivity index (χ0v) is 21.7. The molecule has 1 N–H and O–H groups in total. The summed E-state index contributed by atoms with van der Waals surface area (Å²) in [5, 5.41) is 3.30. The number of halogens is 1. The van der Waals surface area contributed by atoms with Crippen molar-refractivity contribution in [1.29, 1.82) is 0 Å². The molecule has 5 rings (SSSR count). The van der Waals surface area contributed by atoms with Gasteiger partial charge in [0.2, 0.25) is 0 Å². The maximum absolute atomic E-state index is 6.17. The molecule has 188 valence electrons. The van der Waals surface area contributed by atoms with Crippen LogP contribution in [0, 0.1) is 0 Å². The Bertz CT molecular complexity index is 1230. The van der Waals surface area contributed by atoms with E-state index in [1.54, 1.807) is 6.21 Å². The third kappa shape index (κ3) is 5.95. The molecule has 0 radical (unpaired) electrons. The van der Waals surface area contributed by atoms with Gasteiger partial charge in [0.1, 0.15) is 12.1 Å². The largest absolute Gasteiger partial charge is 0.490 e. The summed E-state index contributed by atoms with van der Waals surface area (Å²) in [5.74, 6) is 2.79. The average Bonchev–Trinajstić information content (AvgIpc) is 3.07. The van der Waals surface area contributed by atoms with E-state index in [4.69, 9.17) is 18.9 Å². The minimum absolute atomic E-state index is 0.360. The number of ether oxygens (including phenoxy) is 4. The smallest absolute Gasteiger partial charge is 0.250 e. The van der Waals surface area contributed by atoms with E-state index in [0.29, 0.717) is 47.8 Å². The zero-order chi connectivity index (χ0) is 24.7. The number of nitrogens with one attached hydrogen (secondary N) is 1. The summed E-state index contributed by atoms with van der Waals surface area (Å²) in [7, 11) is 0. The second-order valence-electron chi connectivity index (χ2n) is 8.30. The maximum Gasteiger partial charge on any atom is 0.250 e. The van der Waals surface area contributed by atoms with E-state index in [9.17, 15) is 0 Å². The lowest BCUT2D eigenvalue weighted by atomic mass is 10.2. The van der Waals surface area contributed by atoms with Gasteiger partial charge in [-0.3, -0.25) is 4.90 Å². The molecule has 36 heavy (non-hydrogen) atoms. The van der Waals surface area contributed by atoms with Crippen LogP contribution in [-0.4, -0.2) is 67.1 Å². The Labute approximate surface area is 218 Å². The van der Waals surface area contributed by atoms with Gasteiger partial charge in [0.15, 0.2) is 23.0 Å². The number of benzene rings is 2. The zero-order valence-electron chi connectivity index (χ0n) is 20.1. The highest BCUT2D eigenvalue weighted by Crippen LogP contribution is 2.42. The molecule has 0 bridgehead atoms. The molecule has 1 fully saturated rings. The predicted octanol–water partition coefficient (Wildman–Crippen LogP) is 5.34. The molecule has 2 aromatic carbocycles. The minimum atomic E-state index is 0.360. The van der Waals surface area contributed by atoms with Gasteiger partial charge >= 0.3 is 0 Å². The van der Waals surface area contributed by atoms with E-state index < -0.39 is 0 Å².